The van der Waals surface area contributed by atoms with Crippen molar-refractivity contribution in [3.8, 4) is 11.5 Å². The Morgan fingerprint density at radius 2 is 2.00 bits per heavy atom. The van der Waals surface area contributed by atoms with Gasteiger partial charge in [0.05, 0.1) is 14.2 Å². The van der Waals surface area contributed by atoms with Gasteiger partial charge < -0.3 is 19.3 Å². The fraction of sp³-hybridized carbons (Fsp3) is 0.273. The molecule has 0 aliphatic rings. The molecule has 0 radical (unpaired) electrons. The van der Waals surface area contributed by atoms with Crippen LogP contribution in [0.25, 0.3) is 0 Å². The van der Waals surface area contributed by atoms with Crippen molar-refractivity contribution in [3.63, 3.8) is 0 Å². The minimum Gasteiger partial charge on any atom is -0.493 e. The number of carboxylic acid groups (broad SMARTS) is 1. The van der Waals surface area contributed by atoms with Crippen molar-refractivity contribution in [1.82, 2.24) is 0 Å². The molecule has 0 atom stereocenters. The first-order valence-corrected chi connectivity index (χ1v) is 4.70. The van der Waals surface area contributed by atoms with E-state index in [4.69, 9.17) is 14.6 Å². The summed E-state index contributed by atoms with van der Waals surface area (Å²) in [4.78, 5) is 21.9. The number of ether oxygens (including phenoxy) is 3. The van der Waals surface area contributed by atoms with E-state index < -0.39 is 18.5 Å². The zero-order chi connectivity index (χ0) is 12.8. The standard InChI is InChI=1S/C11H12O6/c1-15-8-5-3-4-7(11(14)16-2)10(8)17-6-9(12)13/h3-5H,6H2,1-2H3,(H,12,13). The van der Waals surface area contributed by atoms with Crippen molar-refractivity contribution < 1.29 is 28.9 Å². The Morgan fingerprint density at radius 1 is 1.29 bits per heavy atom. The van der Waals surface area contributed by atoms with Crippen LogP contribution in [-0.2, 0) is 9.53 Å². The van der Waals surface area contributed by atoms with Crippen LogP contribution in [0.5, 0.6) is 11.5 Å². The lowest BCUT2D eigenvalue weighted by Crippen LogP contribution is -2.13. The maximum Gasteiger partial charge on any atom is 0.341 e. The van der Waals surface area contributed by atoms with E-state index >= 15 is 0 Å². The molecule has 0 saturated carbocycles. The lowest BCUT2D eigenvalue weighted by atomic mass is 10.2. The van der Waals surface area contributed by atoms with Crippen LogP contribution in [0.2, 0.25) is 0 Å². The highest BCUT2D eigenvalue weighted by atomic mass is 16.5. The summed E-state index contributed by atoms with van der Waals surface area (Å²) in [6.45, 7) is -0.565. The van der Waals surface area contributed by atoms with Crippen LogP contribution >= 0.6 is 0 Å². The van der Waals surface area contributed by atoms with Crippen molar-refractivity contribution in [2.24, 2.45) is 0 Å². The molecule has 0 spiro atoms. The summed E-state index contributed by atoms with van der Waals surface area (Å²) < 4.78 is 14.6. The Hall–Kier alpha value is -2.24. The number of carboxylic acids is 1. The van der Waals surface area contributed by atoms with Gasteiger partial charge in [-0.05, 0) is 12.1 Å². The van der Waals surface area contributed by atoms with E-state index in [-0.39, 0.29) is 17.1 Å². The molecule has 0 aliphatic carbocycles. The molecule has 0 saturated heterocycles. The van der Waals surface area contributed by atoms with E-state index in [9.17, 15) is 9.59 Å². The second-order valence-electron chi connectivity index (χ2n) is 3.01. The van der Waals surface area contributed by atoms with Gasteiger partial charge in [-0.1, -0.05) is 6.07 Å². The van der Waals surface area contributed by atoms with Gasteiger partial charge in [0.25, 0.3) is 0 Å². The largest absolute Gasteiger partial charge is 0.493 e. The van der Waals surface area contributed by atoms with Gasteiger partial charge in [-0.15, -0.1) is 0 Å². The molecule has 0 amide bonds. The lowest BCUT2D eigenvalue weighted by Gasteiger charge is -2.12. The average Bonchev–Trinajstić information content (AvgIpc) is 2.34. The van der Waals surface area contributed by atoms with Gasteiger partial charge in [0, 0.05) is 0 Å². The van der Waals surface area contributed by atoms with Crippen LogP contribution in [0.4, 0.5) is 0 Å². The first-order chi connectivity index (χ1) is 8.10. The van der Waals surface area contributed by atoms with E-state index in [2.05, 4.69) is 4.74 Å². The van der Waals surface area contributed by atoms with E-state index in [0.29, 0.717) is 0 Å². The molecule has 6 nitrogen and oxygen atoms in total. The van der Waals surface area contributed by atoms with Crippen LogP contribution in [0.1, 0.15) is 10.4 Å². The summed E-state index contributed by atoms with van der Waals surface area (Å²) in [6.07, 6.45) is 0. The number of hydrogen-bond acceptors (Lipinski definition) is 5. The zero-order valence-corrected chi connectivity index (χ0v) is 9.43. The predicted molar refractivity (Wildman–Crippen MR) is 57.5 cm³/mol. The number of carbonyl (C=O) groups excluding carboxylic acids is 1. The molecule has 0 fully saturated rings. The van der Waals surface area contributed by atoms with E-state index in [1.54, 1.807) is 12.1 Å². The van der Waals surface area contributed by atoms with Crippen molar-refractivity contribution in [1.29, 1.82) is 0 Å². The minimum absolute atomic E-state index is 0.0595. The molecule has 0 heterocycles. The van der Waals surface area contributed by atoms with Gasteiger partial charge in [-0.3, -0.25) is 0 Å². The Kier molecular flexibility index (Phi) is 4.33. The maximum absolute atomic E-state index is 11.4. The molecular weight excluding hydrogens is 228 g/mol. The number of methoxy groups -OCH3 is 2. The summed E-state index contributed by atoms with van der Waals surface area (Å²) in [7, 11) is 2.62. The third-order valence-electron chi connectivity index (χ3n) is 1.94. The molecule has 1 rings (SSSR count). The average molecular weight is 240 g/mol. The molecule has 0 aromatic heterocycles. The molecule has 1 aromatic rings. The van der Waals surface area contributed by atoms with Crippen molar-refractivity contribution >= 4 is 11.9 Å². The van der Waals surface area contributed by atoms with Gasteiger partial charge in [-0.25, -0.2) is 9.59 Å². The topological polar surface area (TPSA) is 82.1 Å². The number of benzene rings is 1. The van der Waals surface area contributed by atoms with Crippen molar-refractivity contribution in [2.45, 2.75) is 0 Å². The Morgan fingerprint density at radius 3 is 2.53 bits per heavy atom. The van der Waals surface area contributed by atoms with Gasteiger partial charge >= 0.3 is 11.9 Å². The quantitative estimate of drug-likeness (QED) is 0.771. The lowest BCUT2D eigenvalue weighted by molar-refractivity contribution is -0.139. The SMILES string of the molecule is COC(=O)c1cccc(OC)c1OCC(=O)O. The van der Waals surface area contributed by atoms with Gasteiger partial charge in [0.2, 0.25) is 0 Å². The van der Waals surface area contributed by atoms with Gasteiger partial charge in [-0.2, -0.15) is 0 Å². The predicted octanol–water partition coefficient (Wildman–Crippen LogP) is 0.945. The second kappa shape index (κ2) is 5.74. The first kappa shape index (κ1) is 12.8. The zero-order valence-electron chi connectivity index (χ0n) is 9.43. The van der Waals surface area contributed by atoms with E-state index in [1.807, 2.05) is 0 Å². The molecule has 92 valence electrons. The molecular formula is C11H12O6. The number of aliphatic carboxylic acids is 1. The summed E-state index contributed by atoms with van der Waals surface area (Å²) >= 11 is 0. The number of esters is 1. The summed E-state index contributed by atoms with van der Waals surface area (Å²) in [5, 5.41) is 8.54. The highest BCUT2D eigenvalue weighted by Gasteiger charge is 2.18. The van der Waals surface area contributed by atoms with Crippen LogP contribution < -0.4 is 9.47 Å². The Labute approximate surface area is 97.7 Å². The van der Waals surface area contributed by atoms with E-state index in [0.717, 1.165) is 0 Å². The first-order valence-electron chi connectivity index (χ1n) is 4.70. The van der Waals surface area contributed by atoms with Crippen LogP contribution in [-0.4, -0.2) is 37.9 Å². The Bertz CT molecular complexity index is 426. The second-order valence-corrected chi connectivity index (χ2v) is 3.01. The third-order valence-corrected chi connectivity index (χ3v) is 1.94. The molecule has 0 bridgehead atoms. The van der Waals surface area contributed by atoms with Crippen LogP contribution in [0.3, 0.4) is 0 Å². The molecule has 1 aromatic carbocycles. The third kappa shape index (κ3) is 3.10. The van der Waals surface area contributed by atoms with Gasteiger partial charge in [0.15, 0.2) is 18.1 Å². The van der Waals surface area contributed by atoms with Crippen LogP contribution in [0, 0.1) is 0 Å². The fourth-order valence-electron chi connectivity index (χ4n) is 1.23. The fourth-order valence-corrected chi connectivity index (χ4v) is 1.23. The summed E-state index contributed by atoms with van der Waals surface area (Å²) in [6, 6.07) is 4.61. The monoisotopic (exact) mass is 240 g/mol. The van der Waals surface area contributed by atoms with Gasteiger partial charge in [0.1, 0.15) is 5.56 Å². The number of rotatable bonds is 5. The number of hydrogen-bond donors (Lipinski definition) is 1. The summed E-state index contributed by atoms with van der Waals surface area (Å²) in [5.74, 6) is -1.44. The molecule has 0 aliphatic heterocycles. The number of para-hydroxylation sites is 1. The smallest absolute Gasteiger partial charge is 0.341 e. The summed E-state index contributed by atoms with van der Waals surface area (Å²) in [5.41, 5.74) is 0.119. The molecule has 6 heteroatoms. The molecule has 0 unspecified atom stereocenters. The highest BCUT2D eigenvalue weighted by molar-refractivity contribution is 5.93. The van der Waals surface area contributed by atoms with E-state index in [1.165, 1.54) is 20.3 Å². The molecule has 17 heavy (non-hydrogen) atoms. The number of carbonyl (C=O) groups is 2. The van der Waals surface area contributed by atoms with Crippen molar-refractivity contribution in [2.75, 3.05) is 20.8 Å². The normalized spacial score (nSPS) is 9.53. The van der Waals surface area contributed by atoms with Crippen LogP contribution in [0.15, 0.2) is 18.2 Å². The molecule has 1 N–H and O–H groups in total. The maximum atomic E-state index is 11.4. The highest BCUT2D eigenvalue weighted by Crippen LogP contribution is 2.31. The Balaban J connectivity index is 3.11. The minimum atomic E-state index is -1.15. The van der Waals surface area contributed by atoms with Crippen molar-refractivity contribution in [3.05, 3.63) is 23.8 Å².